The topological polar surface area (TPSA) is 73.6 Å². The molecule has 0 saturated heterocycles. The van der Waals surface area contributed by atoms with Gasteiger partial charge in [0.2, 0.25) is 0 Å². The Morgan fingerprint density at radius 2 is 1.92 bits per heavy atom. The van der Waals surface area contributed by atoms with Crippen LogP contribution in [0, 0.1) is 0 Å². The zero-order valence-corrected chi connectivity index (χ0v) is 15.0. The minimum Gasteiger partial charge on any atom is -0.497 e. The number of benzene rings is 1. The van der Waals surface area contributed by atoms with Crippen molar-refractivity contribution in [1.29, 1.82) is 0 Å². The molecule has 0 fully saturated rings. The molecule has 0 aliphatic carbocycles. The number of nitrogens with zero attached hydrogens (tertiary/aromatic N) is 1. The van der Waals surface area contributed by atoms with Crippen LogP contribution in [-0.2, 0) is 11.8 Å². The van der Waals surface area contributed by atoms with E-state index < -0.39 is 0 Å². The minimum absolute atomic E-state index is 0.178. The third-order valence-electron chi connectivity index (χ3n) is 3.71. The third-order valence-corrected chi connectivity index (χ3v) is 3.71. The number of hydrogen-bond donors (Lipinski definition) is 1. The molecule has 6 heteroatoms. The van der Waals surface area contributed by atoms with Gasteiger partial charge in [0.25, 0.3) is 5.91 Å². The predicted octanol–water partition coefficient (Wildman–Crippen LogP) is 3.80. The van der Waals surface area contributed by atoms with Crippen LogP contribution in [0.25, 0.3) is 0 Å². The summed E-state index contributed by atoms with van der Waals surface area (Å²) >= 11 is 0. The number of rotatable bonds is 5. The molecule has 0 radical (unpaired) electrons. The van der Waals surface area contributed by atoms with Gasteiger partial charge in [0, 0.05) is 17.5 Å². The summed E-state index contributed by atoms with van der Waals surface area (Å²) in [4.78, 5) is 12.7. The predicted molar refractivity (Wildman–Crippen MR) is 92.1 cm³/mol. The molecule has 0 atom stereocenters. The van der Waals surface area contributed by atoms with Gasteiger partial charge < -0.3 is 19.3 Å². The number of ether oxygens (including phenoxy) is 2. The SMILES string of the molecule is CCc1cc(OC)cc(OC)c1C(=O)Nc1cc(C(C)(C)C)on1. The second kappa shape index (κ2) is 6.95. The summed E-state index contributed by atoms with van der Waals surface area (Å²) in [5, 5.41) is 6.69. The molecule has 130 valence electrons. The second-order valence-electron chi connectivity index (χ2n) is 6.50. The van der Waals surface area contributed by atoms with Gasteiger partial charge in [0.1, 0.15) is 17.3 Å². The number of aryl methyl sites for hydroxylation is 1. The fraction of sp³-hybridized carbons (Fsp3) is 0.444. The van der Waals surface area contributed by atoms with Crippen LogP contribution in [-0.4, -0.2) is 25.3 Å². The van der Waals surface area contributed by atoms with Crippen molar-refractivity contribution in [3.8, 4) is 11.5 Å². The molecule has 6 nitrogen and oxygen atoms in total. The Hall–Kier alpha value is -2.50. The number of hydrogen-bond acceptors (Lipinski definition) is 5. The molecule has 1 aromatic carbocycles. The molecule has 0 saturated carbocycles. The summed E-state index contributed by atoms with van der Waals surface area (Å²) in [6.07, 6.45) is 0.669. The smallest absolute Gasteiger partial charge is 0.260 e. The Morgan fingerprint density at radius 3 is 2.42 bits per heavy atom. The first-order valence-electron chi connectivity index (χ1n) is 7.83. The first-order chi connectivity index (χ1) is 11.3. The van der Waals surface area contributed by atoms with E-state index in [4.69, 9.17) is 14.0 Å². The lowest BCUT2D eigenvalue weighted by Gasteiger charge is -2.14. The number of aromatic nitrogens is 1. The fourth-order valence-corrected chi connectivity index (χ4v) is 2.33. The van der Waals surface area contributed by atoms with Gasteiger partial charge in [-0.05, 0) is 18.1 Å². The monoisotopic (exact) mass is 332 g/mol. The van der Waals surface area contributed by atoms with Crippen molar-refractivity contribution in [2.24, 2.45) is 0 Å². The van der Waals surface area contributed by atoms with Crippen LogP contribution in [0.5, 0.6) is 11.5 Å². The fourth-order valence-electron chi connectivity index (χ4n) is 2.33. The van der Waals surface area contributed by atoms with Gasteiger partial charge in [-0.15, -0.1) is 0 Å². The van der Waals surface area contributed by atoms with Gasteiger partial charge in [-0.2, -0.15) is 0 Å². The van der Waals surface area contributed by atoms with Crippen LogP contribution < -0.4 is 14.8 Å². The van der Waals surface area contributed by atoms with Gasteiger partial charge >= 0.3 is 0 Å². The lowest BCUT2D eigenvalue weighted by atomic mass is 9.93. The van der Waals surface area contributed by atoms with Crippen LogP contribution >= 0.6 is 0 Å². The standard InChI is InChI=1S/C18H24N2O4/c1-7-11-8-12(22-5)9-13(23-6)16(11)17(21)19-15-10-14(24-20-15)18(2,3)4/h8-10H,7H2,1-6H3,(H,19,20,21). The number of amides is 1. The molecule has 1 aromatic heterocycles. The Kier molecular flexibility index (Phi) is 5.17. The number of carbonyl (C=O) groups excluding carboxylic acids is 1. The summed E-state index contributed by atoms with van der Waals surface area (Å²) in [5.74, 6) is 1.90. The molecule has 1 amide bonds. The van der Waals surface area contributed by atoms with E-state index in [9.17, 15) is 4.79 Å². The van der Waals surface area contributed by atoms with Crippen LogP contribution in [0.3, 0.4) is 0 Å². The Labute approximate surface area is 142 Å². The maximum Gasteiger partial charge on any atom is 0.260 e. The van der Waals surface area contributed by atoms with E-state index in [0.29, 0.717) is 35.1 Å². The normalized spacial score (nSPS) is 11.2. The number of carbonyl (C=O) groups is 1. The quantitative estimate of drug-likeness (QED) is 0.901. The zero-order valence-electron chi connectivity index (χ0n) is 15.0. The van der Waals surface area contributed by atoms with Crippen molar-refractivity contribution in [1.82, 2.24) is 5.16 Å². The molecule has 0 spiro atoms. The van der Waals surface area contributed by atoms with Crippen molar-refractivity contribution < 1.29 is 18.8 Å². The van der Waals surface area contributed by atoms with E-state index in [-0.39, 0.29) is 11.3 Å². The van der Waals surface area contributed by atoms with Crippen LogP contribution in [0.4, 0.5) is 5.82 Å². The third kappa shape index (κ3) is 3.69. The van der Waals surface area contributed by atoms with E-state index in [2.05, 4.69) is 10.5 Å². The maximum atomic E-state index is 12.7. The Balaban J connectivity index is 2.34. The highest BCUT2D eigenvalue weighted by Crippen LogP contribution is 2.30. The molecule has 0 unspecified atom stereocenters. The molecule has 1 heterocycles. The largest absolute Gasteiger partial charge is 0.497 e. The molecule has 24 heavy (non-hydrogen) atoms. The first-order valence-corrected chi connectivity index (χ1v) is 7.83. The number of methoxy groups -OCH3 is 2. The zero-order chi connectivity index (χ0) is 17.9. The summed E-state index contributed by atoms with van der Waals surface area (Å²) in [5.41, 5.74) is 1.13. The summed E-state index contributed by atoms with van der Waals surface area (Å²) in [6, 6.07) is 5.26. The van der Waals surface area contributed by atoms with Crippen molar-refractivity contribution in [2.75, 3.05) is 19.5 Å². The number of anilines is 1. The van der Waals surface area contributed by atoms with Crippen molar-refractivity contribution in [2.45, 2.75) is 39.5 Å². The van der Waals surface area contributed by atoms with E-state index in [1.165, 1.54) is 7.11 Å². The molecule has 0 aliphatic rings. The Morgan fingerprint density at radius 1 is 1.21 bits per heavy atom. The summed E-state index contributed by atoms with van der Waals surface area (Å²) < 4.78 is 15.9. The van der Waals surface area contributed by atoms with Crippen LogP contribution in [0.2, 0.25) is 0 Å². The molecule has 2 aromatic rings. The number of nitrogens with one attached hydrogen (secondary N) is 1. The van der Waals surface area contributed by atoms with Gasteiger partial charge in [0.05, 0.1) is 19.8 Å². The van der Waals surface area contributed by atoms with Crippen LogP contribution in [0.15, 0.2) is 22.7 Å². The highest BCUT2D eigenvalue weighted by Gasteiger charge is 2.23. The van der Waals surface area contributed by atoms with Crippen molar-refractivity contribution in [3.05, 3.63) is 35.1 Å². The molecule has 0 bridgehead atoms. The molecular formula is C18H24N2O4. The minimum atomic E-state index is -0.292. The highest BCUT2D eigenvalue weighted by atomic mass is 16.5. The molecule has 2 rings (SSSR count). The van der Waals surface area contributed by atoms with Gasteiger partial charge in [-0.25, -0.2) is 0 Å². The molecule has 0 aliphatic heterocycles. The molecular weight excluding hydrogens is 308 g/mol. The first kappa shape index (κ1) is 17.8. The lowest BCUT2D eigenvalue weighted by Crippen LogP contribution is -2.16. The average molecular weight is 332 g/mol. The highest BCUT2D eigenvalue weighted by molar-refractivity contribution is 6.07. The van der Waals surface area contributed by atoms with Crippen molar-refractivity contribution >= 4 is 11.7 Å². The van der Waals surface area contributed by atoms with Crippen molar-refractivity contribution in [3.63, 3.8) is 0 Å². The summed E-state index contributed by atoms with van der Waals surface area (Å²) in [7, 11) is 3.11. The van der Waals surface area contributed by atoms with Gasteiger partial charge in [-0.1, -0.05) is 32.9 Å². The average Bonchev–Trinajstić information content (AvgIpc) is 3.01. The Bertz CT molecular complexity index is 704. The van der Waals surface area contributed by atoms with E-state index in [0.717, 1.165) is 5.56 Å². The van der Waals surface area contributed by atoms with E-state index in [1.807, 2.05) is 33.8 Å². The maximum absolute atomic E-state index is 12.7. The van der Waals surface area contributed by atoms with Gasteiger partial charge in [-0.3, -0.25) is 4.79 Å². The molecule has 1 N–H and O–H groups in total. The van der Waals surface area contributed by atoms with Crippen LogP contribution in [0.1, 0.15) is 49.4 Å². The lowest BCUT2D eigenvalue weighted by molar-refractivity contribution is 0.102. The van der Waals surface area contributed by atoms with Gasteiger partial charge in [0.15, 0.2) is 5.82 Å². The summed E-state index contributed by atoms with van der Waals surface area (Å²) in [6.45, 7) is 8.02. The second-order valence-corrected chi connectivity index (χ2v) is 6.50. The van der Waals surface area contributed by atoms with E-state index >= 15 is 0 Å². The van der Waals surface area contributed by atoms with E-state index in [1.54, 1.807) is 19.2 Å².